The monoisotopic (exact) mass is 418 g/mol. The molecule has 1 saturated heterocycles. The van der Waals surface area contributed by atoms with Gasteiger partial charge in [0.25, 0.3) is 5.91 Å². The molecule has 0 spiro atoms. The number of hydrogen-bond acceptors (Lipinski definition) is 4. The fourth-order valence-electron chi connectivity index (χ4n) is 3.15. The second-order valence-electron chi connectivity index (χ2n) is 6.79. The average Bonchev–Trinajstić information content (AvgIpc) is 3.07. The molecule has 31 heavy (non-hydrogen) atoms. The Bertz CT molecular complexity index is 1140. The fourth-order valence-corrected chi connectivity index (χ4v) is 3.15. The molecule has 156 valence electrons. The van der Waals surface area contributed by atoms with Gasteiger partial charge in [0, 0.05) is 0 Å². The molecular weight excluding hydrogens is 399 g/mol. The van der Waals surface area contributed by atoms with Crippen molar-refractivity contribution >= 4 is 23.7 Å². The molecular formula is C24H19FN2O4. The van der Waals surface area contributed by atoms with Gasteiger partial charge in [0.15, 0.2) is 11.5 Å². The Morgan fingerprint density at radius 1 is 0.968 bits per heavy atom. The Kier molecular flexibility index (Phi) is 5.66. The first-order valence-electron chi connectivity index (χ1n) is 9.52. The summed E-state index contributed by atoms with van der Waals surface area (Å²) in [6.45, 7) is 0.248. The van der Waals surface area contributed by atoms with Gasteiger partial charge in [-0.3, -0.25) is 4.79 Å². The number of carbonyl (C=O) groups is 2. The average molecular weight is 418 g/mol. The largest absolute Gasteiger partial charge is 0.493 e. The lowest BCUT2D eigenvalue weighted by atomic mass is 10.1. The van der Waals surface area contributed by atoms with Crippen molar-refractivity contribution in [2.75, 3.05) is 12.0 Å². The number of urea groups is 1. The van der Waals surface area contributed by atoms with E-state index in [4.69, 9.17) is 9.47 Å². The first-order valence-corrected chi connectivity index (χ1v) is 9.52. The summed E-state index contributed by atoms with van der Waals surface area (Å²) in [5, 5.41) is 2.60. The molecule has 7 heteroatoms. The van der Waals surface area contributed by atoms with E-state index >= 15 is 0 Å². The predicted octanol–water partition coefficient (Wildman–Crippen LogP) is 4.51. The van der Waals surface area contributed by atoms with Crippen molar-refractivity contribution in [2.24, 2.45) is 0 Å². The van der Waals surface area contributed by atoms with Crippen LogP contribution in [-0.4, -0.2) is 19.0 Å². The molecule has 0 bridgehead atoms. The van der Waals surface area contributed by atoms with Gasteiger partial charge in [-0.1, -0.05) is 36.4 Å². The van der Waals surface area contributed by atoms with Crippen LogP contribution in [0.4, 0.5) is 14.9 Å². The molecule has 0 unspecified atom stereocenters. The number of halogens is 1. The van der Waals surface area contributed by atoms with E-state index in [-0.39, 0.29) is 18.1 Å². The number of amides is 3. The number of methoxy groups -OCH3 is 1. The van der Waals surface area contributed by atoms with Gasteiger partial charge in [0.2, 0.25) is 0 Å². The standard InChI is InChI=1S/C24H19FN2O4/c1-30-22-14-17(9-12-21(22)31-15-16-7-10-18(25)11-8-16)13-20-23(28)27(24(29)26-20)19-5-3-2-4-6-19/h2-14H,15H2,1H3,(H,26,29)/b20-13-. The number of benzene rings is 3. The van der Waals surface area contributed by atoms with Crippen LogP contribution < -0.4 is 19.7 Å². The van der Waals surface area contributed by atoms with Crippen LogP contribution in [0.25, 0.3) is 6.08 Å². The molecule has 1 aliphatic rings. The molecule has 1 N–H and O–H groups in total. The summed E-state index contributed by atoms with van der Waals surface area (Å²) in [6.07, 6.45) is 1.58. The first-order chi connectivity index (χ1) is 15.0. The zero-order chi connectivity index (χ0) is 21.8. The highest BCUT2D eigenvalue weighted by molar-refractivity contribution is 6.28. The van der Waals surface area contributed by atoms with Crippen molar-refractivity contribution in [1.82, 2.24) is 5.32 Å². The third kappa shape index (κ3) is 4.40. The van der Waals surface area contributed by atoms with Crippen LogP contribution in [0.5, 0.6) is 11.5 Å². The number of para-hydroxylation sites is 1. The van der Waals surface area contributed by atoms with E-state index in [2.05, 4.69) is 5.32 Å². The molecule has 1 fully saturated rings. The molecule has 1 aliphatic heterocycles. The molecule has 3 aromatic rings. The summed E-state index contributed by atoms with van der Waals surface area (Å²) in [4.78, 5) is 26.1. The van der Waals surface area contributed by atoms with Gasteiger partial charge < -0.3 is 14.8 Å². The zero-order valence-electron chi connectivity index (χ0n) is 16.7. The molecule has 0 radical (unpaired) electrons. The molecule has 3 amide bonds. The molecule has 0 atom stereocenters. The number of carbonyl (C=O) groups excluding carboxylic acids is 2. The summed E-state index contributed by atoms with van der Waals surface area (Å²) in [5.41, 5.74) is 2.13. The van der Waals surface area contributed by atoms with Crippen molar-refractivity contribution in [1.29, 1.82) is 0 Å². The molecule has 0 aromatic heterocycles. The molecule has 3 aromatic carbocycles. The van der Waals surface area contributed by atoms with Crippen molar-refractivity contribution in [3.63, 3.8) is 0 Å². The maximum Gasteiger partial charge on any atom is 0.333 e. The summed E-state index contributed by atoms with van der Waals surface area (Å²) < 4.78 is 24.2. The highest BCUT2D eigenvalue weighted by Crippen LogP contribution is 2.30. The van der Waals surface area contributed by atoms with Gasteiger partial charge >= 0.3 is 6.03 Å². The van der Waals surface area contributed by atoms with Gasteiger partial charge in [0.1, 0.15) is 18.1 Å². The molecule has 4 rings (SSSR count). The lowest BCUT2D eigenvalue weighted by molar-refractivity contribution is -0.113. The summed E-state index contributed by atoms with van der Waals surface area (Å²) in [6, 6.07) is 19.4. The van der Waals surface area contributed by atoms with Gasteiger partial charge in [-0.15, -0.1) is 0 Å². The highest BCUT2D eigenvalue weighted by Gasteiger charge is 2.34. The molecule has 0 aliphatic carbocycles. The third-order valence-electron chi connectivity index (χ3n) is 4.70. The lowest BCUT2D eigenvalue weighted by Crippen LogP contribution is -2.30. The quantitative estimate of drug-likeness (QED) is 0.472. The van der Waals surface area contributed by atoms with Gasteiger partial charge in [-0.05, 0) is 53.6 Å². The smallest absolute Gasteiger partial charge is 0.333 e. The van der Waals surface area contributed by atoms with Crippen molar-refractivity contribution in [3.05, 3.63) is 95.4 Å². The van der Waals surface area contributed by atoms with Crippen LogP contribution in [0.15, 0.2) is 78.5 Å². The number of ether oxygens (including phenoxy) is 2. The van der Waals surface area contributed by atoms with Crippen molar-refractivity contribution in [2.45, 2.75) is 6.61 Å². The van der Waals surface area contributed by atoms with Gasteiger partial charge in [0.05, 0.1) is 12.8 Å². The predicted molar refractivity (Wildman–Crippen MR) is 114 cm³/mol. The second kappa shape index (κ2) is 8.71. The van der Waals surface area contributed by atoms with E-state index in [0.717, 1.165) is 10.5 Å². The van der Waals surface area contributed by atoms with E-state index in [0.29, 0.717) is 22.7 Å². The third-order valence-corrected chi connectivity index (χ3v) is 4.70. The fraction of sp³-hybridized carbons (Fsp3) is 0.0833. The molecule has 6 nitrogen and oxygen atoms in total. The Hall–Kier alpha value is -4.13. The van der Waals surface area contributed by atoms with Gasteiger partial charge in [-0.2, -0.15) is 0 Å². The Labute approximate surface area is 178 Å². The van der Waals surface area contributed by atoms with E-state index in [1.54, 1.807) is 60.7 Å². The number of nitrogens with one attached hydrogen (secondary N) is 1. The van der Waals surface area contributed by atoms with Crippen LogP contribution in [0.1, 0.15) is 11.1 Å². The number of nitrogens with zero attached hydrogens (tertiary/aromatic N) is 1. The summed E-state index contributed by atoms with van der Waals surface area (Å²) >= 11 is 0. The SMILES string of the molecule is COc1cc(/C=C2\NC(=O)N(c3ccccc3)C2=O)ccc1OCc1ccc(F)cc1. The maximum atomic E-state index is 13.0. The minimum absolute atomic E-state index is 0.163. The van der Waals surface area contributed by atoms with Crippen molar-refractivity contribution < 1.29 is 23.5 Å². The van der Waals surface area contributed by atoms with Crippen LogP contribution >= 0.6 is 0 Å². The normalized spacial score (nSPS) is 14.6. The number of rotatable bonds is 6. The maximum absolute atomic E-state index is 13.0. The Morgan fingerprint density at radius 2 is 1.71 bits per heavy atom. The zero-order valence-corrected chi connectivity index (χ0v) is 16.7. The lowest BCUT2D eigenvalue weighted by Gasteiger charge is -2.12. The first kappa shape index (κ1) is 20.2. The Morgan fingerprint density at radius 3 is 2.42 bits per heavy atom. The van der Waals surface area contributed by atoms with Crippen LogP contribution in [0, 0.1) is 5.82 Å². The van der Waals surface area contributed by atoms with Crippen LogP contribution in [0.2, 0.25) is 0 Å². The molecule has 0 saturated carbocycles. The number of anilines is 1. The number of imide groups is 1. The van der Waals surface area contributed by atoms with E-state index in [1.165, 1.54) is 19.2 Å². The molecule has 1 heterocycles. The highest BCUT2D eigenvalue weighted by atomic mass is 19.1. The van der Waals surface area contributed by atoms with Crippen LogP contribution in [-0.2, 0) is 11.4 Å². The Balaban J connectivity index is 1.52. The minimum atomic E-state index is -0.506. The summed E-state index contributed by atoms with van der Waals surface area (Å²) in [7, 11) is 1.51. The van der Waals surface area contributed by atoms with E-state index in [9.17, 15) is 14.0 Å². The van der Waals surface area contributed by atoms with Gasteiger partial charge in [-0.25, -0.2) is 14.1 Å². The van der Waals surface area contributed by atoms with E-state index in [1.807, 2.05) is 6.07 Å². The van der Waals surface area contributed by atoms with Crippen LogP contribution in [0.3, 0.4) is 0 Å². The van der Waals surface area contributed by atoms with E-state index < -0.39 is 11.9 Å². The topological polar surface area (TPSA) is 67.9 Å². The summed E-state index contributed by atoms with van der Waals surface area (Å²) in [5.74, 6) is 0.222. The van der Waals surface area contributed by atoms with Crippen molar-refractivity contribution in [3.8, 4) is 11.5 Å². The minimum Gasteiger partial charge on any atom is -0.493 e. The second-order valence-corrected chi connectivity index (χ2v) is 6.79. The number of hydrogen-bond donors (Lipinski definition) is 1.